The first kappa shape index (κ1) is 19.9. The van der Waals surface area contributed by atoms with E-state index in [0.29, 0.717) is 22.0 Å². The first-order valence-electron chi connectivity index (χ1n) is 9.01. The van der Waals surface area contributed by atoms with E-state index in [0.717, 1.165) is 11.4 Å². The molecule has 2 aromatic carbocycles. The van der Waals surface area contributed by atoms with E-state index in [1.807, 2.05) is 55.6 Å². The molecule has 2 heterocycles. The quantitative estimate of drug-likeness (QED) is 0.329. The summed E-state index contributed by atoms with van der Waals surface area (Å²) in [5.41, 5.74) is 4.92. The highest BCUT2D eigenvalue weighted by Gasteiger charge is 2.15. The first-order valence-corrected chi connectivity index (χ1v) is 9.77. The zero-order chi connectivity index (χ0) is 21.1. The van der Waals surface area contributed by atoms with Crippen molar-refractivity contribution in [2.24, 2.45) is 5.10 Å². The Hall–Kier alpha value is -3.35. The van der Waals surface area contributed by atoms with Crippen molar-refractivity contribution in [3.63, 3.8) is 0 Å². The van der Waals surface area contributed by atoms with Crippen LogP contribution in [-0.2, 0) is 0 Å². The van der Waals surface area contributed by atoms with Crippen molar-refractivity contribution >= 4 is 35.3 Å². The predicted octanol–water partition coefficient (Wildman–Crippen LogP) is 5.51. The van der Waals surface area contributed by atoms with Gasteiger partial charge in [-0.1, -0.05) is 41.4 Å². The third-order valence-electron chi connectivity index (χ3n) is 4.28. The number of furan rings is 1. The van der Waals surface area contributed by atoms with Crippen molar-refractivity contribution < 1.29 is 9.21 Å². The molecule has 0 unspecified atom stereocenters. The summed E-state index contributed by atoms with van der Waals surface area (Å²) in [6.45, 7) is 1.86. The molecule has 0 spiro atoms. The molecule has 4 aromatic rings. The number of carbonyl (C=O) groups excluding carboxylic acids is 1. The van der Waals surface area contributed by atoms with Crippen molar-refractivity contribution in [1.82, 2.24) is 15.2 Å². The monoisotopic (exact) mass is 438 g/mol. The van der Waals surface area contributed by atoms with Crippen molar-refractivity contribution in [2.75, 3.05) is 0 Å². The number of rotatable bonds is 5. The topological polar surface area (TPSA) is 72.4 Å². The fraction of sp³-hybridized carbons (Fsp3) is 0.0455. The highest BCUT2D eigenvalue weighted by molar-refractivity contribution is 6.36. The van der Waals surface area contributed by atoms with Crippen LogP contribution >= 0.6 is 23.2 Å². The van der Waals surface area contributed by atoms with Crippen molar-refractivity contribution in [2.45, 2.75) is 6.92 Å². The summed E-state index contributed by atoms with van der Waals surface area (Å²) < 4.78 is 7.46. The maximum atomic E-state index is 12.4. The van der Waals surface area contributed by atoms with E-state index in [4.69, 9.17) is 27.6 Å². The number of hydrazone groups is 1. The lowest BCUT2D eigenvalue weighted by Crippen LogP contribution is -2.18. The second-order valence-corrected chi connectivity index (χ2v) is 7.29. The number of hydrogen-bond donors (Lipinski definition) is 1. The van der Waals surface area contributed by atoms with Gasteiger partial charge in [-0.15, -0.1) is 0 Å². The van der Waals surface area contributed by atoms with Gasteiger partial charge in [-0.2, -0.15) is 10.2 Å². The highest BCUT2D eigenvalue weighted by Crippen LogP contribution is 2.25. The molecule has 30 heavy (non-hydrogen) atoms. The largest absolute Gasteiger partial charge is 0.460 e. The molecular weight excluding hydrogens is 423 g/mol. The predicted molar refractivity (Wildman–Crippen MR) is 118 cm³/mol. The molecule has 0 aliphatic rings. The molecule has 0 fully saturated rings. The molecule has 4 rings (SSSR count). The Morgan fingerprint density at radius 3 is 2.63 bits per heavy atom. The summed E-state index contributed by atoms with van der Waals surface area (Å²) in [6.07, 6.45) is 3.33. The fourth-order valence-corrected chi connectivity index (χ4v) is 3.34. The van der Waals surface area contributed by atoms with Crippen LogP contribution in [0.3, 0.4) is 0 Å². The zero-order valence-corrected chi connectivity index (χ0v) is 17.4. The Labute approximate surface area is 182 Å². The van der Waals surface area contributed by atoms with E-state index in [9.17, 15) is 4.79 Å². The van der Waals surface area contributed by atoms with Crippen LogP contribution in [0.2, 0.25) is 10.0 Å². The van der Waals surface area contributed by atoms with Gasteiger partial charge in [-0.05, 0) is 49.4 Å². The van der Waals surface area contributed by atoms with E-state index in [-0.39, 0.29) is 10.6 Å². The highest BCUT2D eigenvalue weighted by atomic mass is 35.5. The second-order valence-electron chi connectivity index (χ2n) is 6.45. The average molecular weight is 439 g/mol. The van der Waals surface area contributed by atoms with E-state index in [1.54, 1.807) is 16.8 Å². The van der Waals surface area contributed by atoms with Gasteiger partial charge in [0.15, 0.2) is 5.76 Å². The number of benzene rings is 2. The normalized spacial score (nSPS) is 11.2. The van der Waals surface area contributed by atoms with Crippen LogP contribution < -0.4 is 5.43 Å². The lowest BCUT2D eigenvalue weighted by Gasteiger charge is -2.02. The number of carbonyl (C=O) groups is 1. The summed E-state index contributed by atoms with van der Waals surface area (Å²) in [5.74, 6) is 0.933. The molecule has 0 saturated carbocycles. The second kappa shape index (κ2) is 8.57. The Balaban J connectivity index is 1.62. The molecular formula is C22H16Cl2N4O2. The molecule has 0 radical (unpaired) electrons. The number of amides is 1. The van der Waals surface area contributed by atoms with E-state index in [2.05, 4.69) is 15.6 Å². The number of halogens is 2. The molecule has 0 atom stereocenters. The van der Waals surface area contributed by atoms with Crippen LogP contribution in [-0.4, -0.2) is 21.9 Å². The minimum Gasteiger partial charge on any atom is -0.460 e. The molecule has 6 nitrogen and oxygen atoms in total. The number of para-hydroxylation sites is 1. The van der Waals surface area contributed by atoms with Gasteiger partial charge in [-0.25, -0.2) is 10.1 Å². The first-order chi connectivity index (χ1) is 14.5. The Morgan fingerprint density at radius 2 is 1.93 bits per heavy atom. The minimum atomic E-state index is -0.446. The van der Waals surface area contributed by atoms with Gasteiger partial charge in [0.25, 0.3) is 5.91 Å². The SMILES string of the molecule is Cc1ccc(-c2nn(-c3ccccc3)cc2/C=N\NC(=O)c2ccc(Cl)cc2Cl)o1. The number of aromatic nitrogens is 2. The molecule has 0 aliphatic heterocycles. The molecule has 1 N–H and O–H groups in total. The molecule has 1 amide bonds. The van der Waals surface area contributed by atoms with Crippen molar-refractivity contribution in [1.29, 1.82) is 0 Å². The fourth-order valence-electron chi connectivity index (χ4n) is 2.84. The number of aryl methyl sites for hydroxylation is 1. The van der Waals surface area contributed by atoms with Gasteiger partial charge < -0.3 is 4.42 Å². The molecule has 0 saturated heterocycles. The zero-order valence-electron chi connectivity index (χ0n) is 15.8. The molecule has 0 aliphatic carbocycles. The summed E-state index contributed by atoms with van der Waals surface area (Å²) in [6, 6.07) is 18.0. The number of nitrogens with one attached hydrogen (secondary N) is 1. The third-order valence-corrected chi connectivity index (χ3v) is 4.83. The molecule has 0 bridgehead atoms. The maximum absolute atomic E-state index is 12.4. The van der Waals surface area contributed by atoms with Gasteiger partial charge in [0.2, 0.25) is 0 Å². The van der Waals surface area contributed by atoms with Gasteiger partial charge >= 0.3 is 0 Å². The minimum absolute atomic E-state index is 0.249. The summed E-state index contributed by atoms with van der Waals surface area (Å²) in [5, 5.41) is 9.40. The number of nitrogens with zero attached hydrogens (tertiary/aromatic N) is 3. The van der Waals surface area contributed by atoms with Gasteiger partial charge in [0, 0.05) is 16.8 Å². The Bertz CT molecular complexity index is 1230. The van der Waals surface area contributed by atoms with Crippen molar-refractivity contribution in [3.8, 4) is 17.1 Å². The third kappa shape index (κ3) is 4.30. The van der Waals surface area contributed by atoms with E-state index < -0.39 is 5.91 Å². The molecule has 150 valence electrons. The lowest BCUT2D eigenvalue weighted by atomic mass is 10.2. The smallest absolute Gasteiger partial charge is 0.272 e. The van der Waals surface area contributed by atoms with Crippen LogP contribution in [0, 0.1) is 6.92 Å². The molecule has 2 aromatic heterocycles. The van der Waals surface area contributed by atoms with Crippen LogP contribution in [0.15, 0.2) is 76.4 Å². The van der Waals surface area contributed by atoms with Crippen molar-refractivity contribution in [3.05, 3.63) is 93.8 Å². The van der Waals surface area contributed by atoms with Gasteiger partial charge in [-0.3, -0.25) is 4.79 Å². The van der Waals surface area contributed by atoms with Crippen LogP contribution in [0.25, 0.3) is 17.1 Å². The van der Waals surface area contributed by atoms with E-state index >= 15 is 0 Å². The molecule has 8 heteroatoms. The standard InChI is InChI=1S/C22H16Cl2N4O2/c1-14-7-10-20(30-14)21-15(13-28(27-21)17-5-3-2-4-6-17)12-25-26-22(29)18-9-8-16(23)11-19(18)24/h2-13H,1H3,(H,26,29)/b25-12-. The van der Waals surface area contributed by atoms with Crippen LogP contribution in [0.1, 0.15) is 21.7 Å². The van der Waals surface area contributed by atoms with Gasteiger partial charge in [0.05, 0.1) is 22.5 Å². The summed E-state index contributed by atoms with van der Waals surface area (Å²) in [4.78, 5) is 12.4. The Morgan fingerprint density at radius 1 is 1.13 bits per heavy atom. The maximum Gasteiger partial charge on any atom is 0.272 e. The van der Waals surface area contributed by atoms with Crippen LogP contribution in [0.4, 0.5) is 0 Å². The van der Waals surface area contributed by atoms with Gasteiger partial charge in [0.1, 0.15) is 11.5 Å². The summed E-state index contributed by atoms with van der Waals surface area (Å²) in [7, 11) is 0. The van der Waals surface area contributed by atoms with E-state index in [1.165, 1.54) is 12.3 Å². The number of hydrogen-bond acceptors (Lipinski definition) is 4. The lowest BCUT2D eigenvalue weighted by molar-refractivity contribution is 0.0955. The van der Waals surface area contributed by atoms with Crippen LogP contribution in [0.5, 0.6) is 0 Å². The average Bonchev–Trinajstić information content (AvgIpc) is 3.35. The summed E-state index contributed by atoms with van der Waals surface area (Å²) >= 11 is 11.9. The Kier molecular flexibility index (Phi) is 5.70.